The third-order valence-electron chi connectivity index (χ3n) is 2.79. The smallest absolute Gasteiger partial charge is 0.338 e. The Labute approximate surface area is 106 Å². The Balaban J connectivity index is 1.88. The van der Waals surface area contributed by atoms with Crippen LogP contribution in [0.5, 0.6) is 0 Å². The van der Waals surface area contributed by atoms with Crippen molar-refractivity contribution in [1.29, 1.82) is 0 Å². The van der Waals surface area contributed by atoms with E-state index in [0.717, 1.165) is 18.4 Å². The number of nitrogens with one attached hydrogen (secondary N) is 1. The maximum atomic E-state index is 11.8. The molecule has 96 valence electrons. The second-order valence-electron chi connectivity index (χ2n) is 4.24. The molecule has 0 spiro atoms. The Kier molecular flexibility index (Phi) is 4.28. The first-order valence-corrected chi connectivity index (χ1v) is 6.29. The van der Waals surface area contributed by atoms with Crippen molar-refractivity contribution in [2.24, 2.45) is 0 Å². The fourth-order valence-electron chi connectivity index (χ4n) is 1.75. The Hall–Kier alpha value is -1.91. The van der Waals surface area contributed by atoms with Gasteiger partial charge in [0.15, 0.2) is 0 Å². The van der Waals surface area contributed by atoms with Gasteiger partial charge in [0.1, 0.15) is 5.52 Å². The topological polar surface area (TPSA) is 67.9 Å². The van der Waals surface area contributed by atoms with Crippen LogP contribution in [-0.4, -0.2) is 28.0 Å². The number of aromatic amines is 1. The second-order valence-corrected chi connectivity index (χ2v) is 4.24. The number of hydrogen-bond acceptors (Lipinski definition) is 4. The summed E-state index contributed by atoms with van der Waals surface area (Å²) < 4.78 is 5.20. The number of unbranched alkanes of at least 4 members (excludes halogenated alkanes) is 3. The molecule has 0 aliphatic carbocycles. The number of benzene rings is 1. The number of fused-ring (bicyclic) bond motifs is 1. The summed E-state index contributed by atoms with van der Waals surface area (Å²) >= 11 is 0. The fourth-order valence-corrected chi connectivity index (χ4v) is 1.75. The van der Waals surface area contributed by atoms with Gasteiger partial charge < -0.3 is 4.74 Å². The minimum atomic E-state index is -0.295. The molecule has 1 aromatic heterocycles. The molecule has 0 unspecified atom stereocenters. The molecule has 0 aliphatic rings. The van der Waals surface area contributed by atoms with Crippen LogP contribution in [0, 0.1) is 0 Å². The van der Waals surface area contributed by atoms with Crippen molar-refractivity contribution in [2.75, 3.05) is 6.61 Å². The lowest BCUT2D eigenvalue weighted by atomic mass is 10.2. The number of ether oxygens (including phenoxy) is 1. The van der Waals surface area contributed by atoms with Crippen molar-refractivity contribution in [1.82, 2.24) is 15.4 Å². The maximum Gasteiger partial charge on any atom is 0.338 e. The van der Waals surface area contributed by atoms with E-state index in [1.54, 1.807) is 18.2 Å². The molecule has 2 aromatic rings. The van der Waals surface area contributed by atoms with Gasteiger partial charge in [-0.05, 0) is 24.6 Å². The van der Waals surface area contributed by atoms with Crippen LogP contribution in [0.1, 0.15) is 43.0 Å². The highest BCUT2D eigenvalue weighted by Gasteiger charge is 2.08. The number of esters is 1. The molecule has 0 amide bonds. The quantitative estimate of drug-likeness (QED) is 0.629. The molecule has 0 saturated carbocycles. The highest BCUT2D eigenvalue weighted by molar-refractivity contribution is 5.93. The summed E-state index contributed by atoms with van der Waals surface area (Å²) in [7, 11) is 0. The predicted octanol–water partition coefficient (Wildman–Crippen LogP) is 2.70. The summed E-state index contributed by atoms with van der Waals surface area (Å²) in [6.45, 7) is 2.63. The zero-order chi connectivity index (χ0) is 12.8. The van der Waals surface area contributed by atoms with Crippen LogP contribution in [0.15, 0.2) is 18.2 Å². The van der Waals surface area contributed by atoms with E-state index in [-0.39, 0.29) is 5.97 Å². The summed E-state index contributed by atoms with van der Waals surface area (Å²) in [6, 6.07) is 5.19. The van der Waals surface area contributed by atoms with E-state index < -0.39 is 0 Å². The van der Waals surface area contributed by atoms with Crippen molar-refractivity contribution in [3.63, 3.8) is 0 Å². The van der Waals surface area contributed by atoms with Gasteiger partial charge in [0.25, 0.3) is 0 Å². The number of carbonyl (C=O) groups excluding carboxylic acids is 1. The summed E-state index contributed by atoms with van der Waals surface area (Å²) in [5, 5.41) is 10.3. The van der Waals surface area contributed by atoms with Gasteiger partial charge in [0.05, 0.1) is 17.7 Å². The van der Waals surface area contributed by atoms with Crippen LogP contribution in [-0.2, 0) is 4.74 Å². The molecular formula is C13H17N3O2. The molecule has 2 rings (SSSR count). The molecule has 0 bridgehead atoms. The lowest BCUT2D eigenvalue weighted by Gasteiger charge is -2.04. The highest BCUT2D eigenvalue weighted by atomic mass is 16.5. The van der Waals surface area contributed by atoms with E-state index in [9.17, 15) is 4.79 Å². The second kappa shape index (κ2) is 6.14. The number of rotatable bonds is 6. The first-order valence-electron chi connectivity index (χ1n) is 6.29. The Morgan fingerprint density at radius 3 is 3.06 bits per heavy atom. The average molecular weight is 247 g/mol. The summed E-state index contributed by atoms with van der Waals surface area (Å²) in [5.41, 5.74) is 2.01. The van der Waals surface area contributed by atoms with E-state index in [0.29, 0.717) is 17.7 Å². The van der Waals surface area contributed by atoms with Gasteiger partial charge in [-0.15, -0.1) is 5.10 Å². The van der Waals surface area contributed by atoms with Crippen molar-refractivity contribution in [3.05, 3.63) is 23.8 Å². The first-order chi connectivity index (χ1) is 8.81. The molecule has 0 fully saturated rings. The van der Waals surface area contributed by atoms with Gasteiger partial charge in [-0.3, -0.25) is 5.10 Å². The molecule has 0 radical (unpaired) electrons. The molecule has 5 heteroatoms. The number of nitrogens with zero attached hydrogens (tertiary/aromatic N) is 2. The molecular weight excluding hydrogens is 230 g/mol. The predicted molar refractivity (Wildman–Crippen MR) is 68.3 cm³/mol. The lowest BCUT2D eigenvalue weighted by Crippen LogP contribution is -2.06. The minimum absolute atomic E-state index is 0.295. The Morgan fingerprint density at radius 2 is 2.22 bits per heavy atom. The van der Waals surface area contributed by atoms with Gasteiger partial charge in [-0.2, -0.15) is 0 Å². The zero-order valence-corrected chi connectivity index (χ0v) is 10.5. The van der Waals surface area contributed by atoms with Gasteiger partial charge in [0.2, 0.25) is 0 Å². The van der Waals surface area contributed by atoms with Crippen LogP contribution < -0.4 is 0 Å². The molecule has 18 heavy (non-hydrogen) atoms. The molecule has 1 N–H and O–H groups in total. The number of hydrogen-bond donors (Lipinski definition) is 1. The number of carbonyl (C=O) groups is 1. The highest BCUT2D eigenvalue weighted by Crippen LogP contribution is 2.11. The number of H-pyrrole nitrogens is 1. The molecule has 0 aliphatic heterocycles. The largest absolute Gasteiger partial charge is 0.462 e. The zero-order valence-electron chi connectivity index (χ0n) is 10.5. The van der Waals surface area contributed by atoms with Crippen LogP contribution in [0.2, 0.25) is 0 Å². The van der Waals surface area contributed by atoms with Gasteiger partial charge in [0, 0.05) is 0 Å². The van der Waals surface area contributed by atoms with Crippen LogP contribution in [0.4, 0.5) is 0 Å². The van der Waals surface area contributed by atoms with Crippen LogP contribution >= 0.6 is 0 Å². The van der Waals surface area contributed by atoms with Crippen molar-refractivity contribution < 1.29 is 9.53 Å². The normalized spacial score (nSPS) is 10.7. The number of aromatic nitrogens is 3. The molecule has 5 nitrogen and oxygen atoms in total. The maximum absolute atomic E-state index is 11.8. The van der Waals surface area contributed by atoms with Gasteiger partial charge in [-0.25, -0.2) is 4.79 Å². The molecule has 1 aromatic carbocycles. The molecule has 1 heterocycles. The first kappa shape index (κ1) is 12.5. The van der Waals surface area contributed by atoms with E-state index in [1.807, 2.05) is 0 Å². The summed E-state index contributed by atoms with van der Waals surface area (Å²) in [6.07, 6.45) is 4.39. The van der Waals surface area contributed by atoms with Crippen molar-refractivity contribution in [3.8, 4) is 0 Å². The Bertz CT molecular complexity index is 522. The average Bonchev–Trinajstić information content (AvgIpc) is 2.85. The van der Waals surface area contributed by atoms with Crippen LogP contribution in [0.3, 0.4) is 0 Å². The molecule has 0 saturated heterocycles. The monoisotopic (exact) mass is 247 g/mol. The SMILES string of the molecule is CCCCCCOC(=O)c1ccc2[nH]nnc2c1. The third-order valence-corrected chi connectivity index (χ3v) is 2.79. The summed E-state index contributed by atoms with van der Waals surface area (Å²) in [5.74, 6) is -0.295. The van der Waals surface area contributed by atoms with E-state index in [1.165, 1.54) is 12.8 Å². The van der Waals surface area contributed by atoms with Crippen molar-refractivity contribution in [2.45, 2.75) is 32.6 Å². The summed E-state index contributed by atoms with van der Waals surface area (Å²) in [4.78, 5) is 11.8. The van der Waals surface area contributed by atoms with Gasteiger partial charge in [-0.1, -0.05) is 31.4 Å². The van der Waals surface area contributed by atoms with E-state index >= 15 is 0 Å². The fraction of sp³-hybridized carbons (Fsp3) is 0.462. The molecule has 0 atom stereocenters. The lowest BCUT2D eigenvalue weighted by molar-refractivity contribution is 0.0498. The van der Waals surface area contributed by atoms with E-state index in [4.69, 9.17) is 4.74 Å². The minimum Gasteiger partial charge on any atom is -0.462 e. The standard InChI is InChI=1S/C13H17N3O2/c1-2-3-4-5-8-18-13(17)10-6-7-11-12(9-10)15-16-14-11/h6-7,9H,2-5,8H2,1H3,(H,14,15,16). The van der Waals surface area contributed by atoms with E-state index in [2.05, 4.69) is 22.3 Å². The Morgan fingerprint density at radius 1 is 1.33 bits per heavy atom. The van der Waals surface area contributed by atoms with Gasteiger partial charge >= 0.3 is 5.97 Å². The van der Waals surface area contributed by atoms with Crippen molar-refractivity contribution >= 4 is 17.0 Å². The van der Waals surface area contributed by atoms with Crippen LogP contribution in [0.25, 0.3) is 11.0 Å². The third kappa shape index (κ3) is 3.06.